The van der Waals surface area contributed by atoms with Gasteiger partial charge in [-0.25, -0.2) is 0 Å². The Morgan fingerprint density at radius 1 is 1.23 bits per heavy atom. The number of carbonyl (C=O) groups is 2. The van der Waals surface area contributed by atoms with E-state index in [-0.39, 0.29) is 23.6 Å². The Labute approximate surface area is 180 Å². The normalized spacial score (nSPS) is 19.9. The van der Waals surface area contributed by atoms with Crippen LogP contribution in [-0.4, -0.2) is 53.7 Å². The molecule has 1 fully saturated rings. The second kappa shape index (κ2) is 8.81. The van der Waals surface area contributed by atoms with Gasteiger partial charge in [0.05, 0.1) is 18.2 Å². The lowest BCUT2D eigenvalue weighted by atomic mass is 9.94. The smallest absolute Gasteiger partial charge is 0.295 e. The number of ether oxygens (including phenoxy) is 2. The summed E-state index contributed by atoms with van der Waals surface area (Å²) in [6.07, 6.45) is 2.23. The third-order valence-electron chi connectivity index (χ3n) is 5.66. The number of phenolic OH excluding ortho intramolecular Hbond substituents is 1. The van der Waals surface area contributed by atoms with Crippen LogP contribution >= 0.6 is 0 Å². The average molecular weight is 423 g/mol. The lowest BCUT2D eigenvalue weighted by Crippen LogP contribution is -2.31. The summed E-state index contributed by atoms with van der Waals surface area (Å²) in [6, 6.07) is 10.9. The zero-order valence-electron chi connectivity index (χ0n) is 17.3. The Hall–Kier alpha value is -3.32. The zero-order valence-corrected chi connectivity index (χ0v) is 17.3. The number of likely N-dealkylation sites (tertiary alicyclic amines) is 1. The van der Waals surface area contributed by atoms with E-state index in [2.05, 4.69) is 0 Å². The predicted molar refractivity (Wildman–Crippen MR) is 114 cm³/mol. The second-order valence-electron chi connectivity index (χ2n) is 7.71. The van der Waals surface area contributed by atoms with Crippen molar-refractivity contribution in [3.63, 3.8) is 0 Å². The van der Waals surface area contributed by atoms with Gasteiger partial charge in [0.2, 0.25) is 0 Å². The fraction of sp³-hybridized carbons (Fsp3) is 0.333. The minimum Gasteiger partial charge on any atom is -0.508 e. The number of phenols is 1. The van der Waals surface area contributed by atoms with E-state index in [1.807, 2.05) is 6.07 Å². The van der Waals surface area contributed by atoms with Gasteiger partial charge in [0.15, 0.2) is 0 Å². The summed E-state index contributed by atoms with van der Waals surface area (Å²) in [6.45, 7) is 1.37. The molecule has 2 N–H and O–H groups in total. The molecule has 2 heterocycles. The highest BCUT2D eigenvalue weighted by atomic mass is 16.5. The number of nitrogens with zero attached hydrogens (tertiary/aromatic N) is 1. The van der Waals surface area contributed by atoms with Gasteiger partial charge < -0.3 is 24.6 Å². The molecule has 1 atom stereocenters. The Balaban J connectivity index is 1.81. The number of aliphatic hydroxyl groups is 1. The molecule has 0 bridgehead atoms. The maximum atomic E-state index is 13.0. The van der Waals surface area contributed by atoms with Crippen LogP contribution < -0.4 is 4.74 Å². The molecule has 7 heteroatoms. The standard InChI is InChI=1S/C24H25NO6/c1-30-11-4-10-25-21(16-5-2-7-18(26)14-16)20(23(28)24(25)29)22(27)17-8-9-19-15(13-17)6-3-12-31-19/h2,5,7-9,13-14,21,26-27H,3-4,6,10-12H2,1H3/b22-20-. The van der Waals surface area contributed by atoms with E-state index in [0.717, 1.165) is 24.2 Å². The number of hydrogen-bond donors (Lipinski definition) is 2. The molecule has 4 rings (SSSR count). The molecule has 0 saturated carbocycles. The Kier molecular flexibility index (Phi) is 5.95. The van der Waals surface area contributed by atoms with Crippen molar-refractivity contribution in [2.75, 3.05) is 26.9 Å². The van der Waals surface area contributed by atoms with Gasteiger partial charge in [-0.05, 0) is 60.7 Å². The number of ketones is 1. The molecule has 31 heavy (non-hydrogen) atoms. The fourth-order valence-electron chi connectivity index (χ4n) is 4.19. The SMILES string of the molecule is COCCCN1C(=O)C(=O)/C(=C(\O)c2ccc3c(c2)CCCO3)C1c1cccc(O)c1. The predicted octanol–water partition coefficient (Wildman–Crippen LogP) is 3.18. The largest absolute Gasteiger partial charge is 0.508 e. The summed E-state index contributed by atoms with van der Waals surface area (Å²) in [5, 5.41) is 21.1. The van der Waals surface area contributed by atoms with E-state index in [0.29, 0.717) is 30.8 Å². The molecule has 0 aromatic heterocycles. The Bertz CT molecular complexity index is 1040. The van der Waals surface area contributed by atoms with Crippen molar-refractivity contribution in [3.8, 4) is 11.5 Å². The minimum atomic E-state index is -0.795. The number of methoxy groups -OCH3 is 1. The zero-order chi connectivity index (χ0) is 22.0. The van der Waals surface area contributed by atoms with Gasteiger partial charge in [-0.1, -0.05) is 12.1 Å². The van der Waals surface area contributed by atoms with Crippen molar-refractivity contribution in [2.45, 2.75) is 25.3 Å². The third-order valence-corrected chi connectivity index (χ3v) is 5.66. The summed E-state index contributed by atoms with van der Waals surface area (Å²) in [5.74, 6) is -0.850. The molecule has 162 valence electrons. The van der Waals surface area contributed by atoms with Crippen LogP contribution in [0.1, 0.15) is 35.6 Å². The molecule has 1 saturated heterocycles. The number of aromatic hydroxyl groups is 1. The lowest BCUT2D eigenvalue weighted by Gasteiger charge is -2.25. The second-order valence-corrected chi connectivity index (χ2v) is 7.71. The molecule has 2 aromatic rings. The van der Waals surface area contributed by atoms with Gasteiger partial charge >= 0.3 is 0 Å². The van der Waals surface area contributed by atoms with Gasteiger partial charge in [0, 0.05) is 25.8 Å². The number of hydrogen-bond acceptors (Lipinski definition) is 6. The van der Waals surface area contributed by atoms with Gasteiger partial charge in [0.25, 0.3) is 11.7 Å². The lowest BCUT2D eigenvalue weighted by molar-refractivity contribution is -0.140. The number of rotatable bonds is 6. The first-order chi connectivity index (χ1) is 15.0. The van der Waals surface area contributed by atoms with Crippen LogP contribution in [0, 0.1) is 0 Å². The molecule has 1 unspecified atom stereocenters. The topological polar surface area (TPSA) is 96.3 Å². The number of fused-ring (bicyclic) bond motifs is 1. The summed E-state index contributed by atoms with van der Waals surface area (Å²) in [4.78, 5) is 27.3. The molecule has 2 aliphatic heterocycles. The maximum Gasteiger partial charge on any atom is 0.295 e. The van der Waals surface area contributed by atoms with Crippen LogP contribution in [0.25, 0.3) is 5.76 Å². The fourth-order valence-corrected chi connectivity index (χ4v) is 4.19. The van der Waals surface area contributed by atoms with Gasteiger partial charge in [-0.15, -0.1) is 0 Å². The summed E-state index contributed by atoms with van der Waals surface area (Å²) in [5.41, 5.74) is 1.99. The van der Waals surface area contributed by atoms with E-state index in [9.17, 15) is 19.8 Å². The van der Waals surface area contributed by atoms with Gasteiger partial charge in [-0.3, -0.25) is 9.59 Å². The van der Waals surface area contributed by atoms with E-state index in [1.165, 1.54) is 17.0 Å². The molecular formula is C24H25NO6. The number of Topliss-reactive ketones (excluding diaryl/α,β-unsaturated/α-hetero) is 1. The number of aryl methyl sites for hydroxylation is 1. The van der Waals surface area contributed by atoms with Gasteiger partial charge in [-0.2, -0.15) is 0 Å². The molecule has 0 radical (unpaired) electrons. The molecule has 2 aliphatic rings. The first kappa shape index (κ1) is 20.9. The monoisotopic (exact) mass is 423 g/mol. The highest BCUT2D eigenvalue weighted by Crippen LogP contribution is 2.40. The van der Waals surface area contributed by atoms with E-state index in [1.54, 1.807) is 31.4 Å². The molecular weight excluding hydrogens is 398 g/mol. The van der Waals surface area contributed by atoms with Crippen molar-refractivity contribution in [1.82, 2.24) is 4.90 Å². The van der Waals surface area contributed by atoms with Crippen molar-refractivity contribution >= 4 is 17.4 Å². The van der Waals surface area contributed by atoms with Crippen molar-refractivity contribution in [3.05, 3.63) is 64.7 Å². The third kappa shape index (κ3) is 4.01. The number of amides is 1. The number of benzene rings is 2. The first-order valence-electron chi connectivity index (χ1n) is 10.3. The summed E-state index contributed by atoms with van der Waals surface area (Å²) < 4.78 is 10.7. The van der Waals surface area contributed by atoms with Crippen molar-refractivity contribution in [1.29, 1.82) is 0 Å². The first-order valence-corrected chi connectivity index (χ1v) is 10.3. The highest BCUT2D eigenvalue weighted by molar-refractivity contribution is 6.46. The molecule has 2 aromatic carbocycles. The number of aliphatic hydroxyl groups excluding tert-OH is 1. The maximum absolute atomic E-state index is 13.0. The molecule has 0 aliphatic carbocycles. The van der Waals surface area contributed by atoms with Crippen molar-refractivity contribution < 1.29 is 29.3 Å². The van der Waals surface area contributed by atoms with E-state index in [4.69, 9.17) is 9.47 Å². The molecule has 7 nitrogen and oxygen atoms in total. The molecule has 0 spiro atoms. The Morgan fingerprint density at radius 2 is 2.06 bits per heavy atom. The van der Waals surface area contributed by atoms with E-state index >= 15 is 0 Å². The van der Waals surface area contributed by atoms with Crippen LogP contribution in [0.3, 0.4) is 0 Å². The number of carbonyl (C=O) groups excluding carboxylic acids is 2. The average Bonchev–Trinajstić information content (AvgIpc) is 3.03. The van der Waals surface area contributed by atoms with Crippen LogP contribution in [0.5, 0.6) is 11.5 Å². The summed E-state index contributed by atoms with van der Waals surface area (Å²) >= 11 is 0. The van der Waals surface area contributed by atoms with E-state index < -0.39 is 17.7 Å². The quantitative estimate of drug-likeness (QED) is 0.321. The highest BCUT2D eigenvalue weighted by Gasteiger charge is 2.45. The summed E-state index contributed by atoms with van der Waals surface area (Å²) in [7, 11) is 1.57. The molecule has 1 amide bonds. The van der Waals surface area contributed by atoms with Gasteiger partial charge in [0.1, 0.15) is 17.3 Å². The van der Waals surface area contributed by atoms with Crippen molar-refractivity contribution in [2.24, 2.45) is 0 Å². The van der Waals surface area contributed by atoms with Crippen LogP contribution in [0.2, 0.25) is 0 Å². The van der Waals surface area contributed by atoms with Crippen LogP contribution in [-0.2, 0) is 20.7 Å². The van der Waals surface area contributed by atoms with Crippen LogP contribution in [0.4, 0.5) is 0 Å². The minimum absolute atomic E-state index is 0.0182. The Morgan fingerprint density at radius 3 is 2.84 bits per heavy atom. The van der Waals surface area contributed by atoms with Crippen LogP contribution in [0.15, 0.2) is 48.0 Å².